The molecule has 104 valence electrons. The van der Waals surface area contributed by atoms with Crippen LogP contribution in [0.1, 0.15) is 30.6 Å². The highest BCUT2D eigenvalue weighted by molar-refractivity contribution is 5.94. The molecule has 1 heterocycles. The molecule has 0 radical (unpaired) electrons. The first-order chi connectivity index (χ1) is 9.10. The number of nitrogens with zero attached hydrogens (tertiary/aromatic N) is 1. The van der Waals surface area contributed by atoms with Crippen molar-refractivity contribution in [2.75, 3.05) is 25.5 Å². The maximum atomic E-state index is 11.6. The van der Waals surface area contributed by atoms with E-state index in [1.165, 1.54) is 0 Å². The lowest BCUT2D eigenvalue weighted by Gasteiger charge is -2.21. The molecule has 0 aliphatic carbocycles. The van der Waals surface area contributed by atoms with Gasteiger partial charge in [0, 0.05) is 43.5 Å². The number of benzene rings is 1. The fraction of sp³-hybridized carbons (Fsp3) is 0.533. The van der Waals surface area contributed by atoms with E-state index in [2.05, 4.69) is 29.4 Å². The summed E-state index contributed by atoms with van der Waals surface area (Å²) in [6.45, 7) is 6.68. The largest absolute Gasteiger partial charge is 0.381 e. The van der Waals surface area contributed by atoms with Crippen molar-refractivity contribution in [3.63, 3.8) is 0 Å². The summed E-state index contributed by atoms with van der Waals surface area (Å²) in [7, 11) is 1.65. The molecule has 2 N–H and O–H groups in total. The molecule has 0 spiro atoms. The molecule has 0 bridgehead atoms. The van der Waals surface area contributed by atoms with Gasteiger partial charge in [0.05, 0.1) is 0 Å². The lowest BCUT2D eigenvalue weighted by atomic mass is 10.1. The number of nitrogens with one attached hydrogen (secondary N) is 2. The van der Waals surface area contributed by atoms with Crippen LogP contribution in [0.25, 0.3) is 0 Å². The Kier molecular flexibility index (Phi) is 4.43. The highest BCUT2D eigenvalue weighted by Crippen LogP contribution is 2.18. The lowest BCUT2D eigenvalue weighted by Crippen LogP contribution is -2.31. The lowest BCUT2D eigenvalue weighted by molar-refractivity contribution is 0.0963. The molecule has 1 aliphatic heterocycles. The summed E-state index contributed by atoms with van der Waals surface area (Å²) in [6, 6.07) is 8.76. The van der Waals surface area contributed by atoms with Crippen LogP contribution in [0.3, 0.4) is 0 Å². The summed E-state index contributed by atoms with van der Waals surface area (Å²) >= 11 is 0. The van der Waals surface area contributed by atoms with E-state index in [1.807, 2.05) is 24.3 Å². The minimum atomic E-state index is -0.0427. The van der Waals surface area contributed by atoms with E-state index in [1.54, 1.807) is 7.05 Å². The summed E-state index contributed by atoms with van der Waals surface area (Å²) in [5.41, 5.74) is 1.72. The molecule has 1 aromatic carbocycles. The first-order valence-electron chi connectivity index (χ1n) is 6.93. The van der Waals surface area contributed by atoms with E-state index in [0.29, 0.717) is 17.6 Å². The molecule has 1 amide bonds. The summed E-state index contributed by atoms with van der Waals surface area (Å²) in [4.78, 5) is 14.1. The van der Waals surface area contributed by atoms with Gasteiger partial charge in [-0.2, -0.15) is 0 Å². The molecular weight excluding hydrogens is 238 g/mol. The average molecular weight is 261 g/mol. The van der Waals surface area contributed by atoms with Crippen LogP contribution >= 0.6 is 0 Å². The van der Waals surface area contributed by atoms with Gasteiger partial charge in [0.1, 0.15) is 0 Å². The quantitative estimate of drug-likeness (QED) is 0.870. The number of hydrogen-bond donors (Lipinski definition) is 2. The van der Waals surface area contributed by atoms with E-state index in [9.17, 15) is 4.79 Å². The molecule has 0 saturated carbocycles. The maximum absolute atomic E-state index is 11.6. The molecule has 2 rings (SSSR count). The number of rotatable bonds is 4. The second-order valence-corrected chi connectivity index (χ2v) is 5.38. The molecule has 1 atom stereocenters. The Hall–Kier alpha value is -1.55. The monoisotopic (exact) mass is 261 g/mol. The third kappa shape index (κ3) is 3.47. The van der Waals surface area contributed by atoms with E-state index in [0.717, 1.165) is 25.2 Å². The van der Waals surface area contributed by atoms with E-state index < -0.39 is 0 Å². The Balaban J connectivity index is 1.98. The number of amides is 1. The van der Waals surface area contributed by atoms with Crippen molar-refractivity contribution < 1.29 is 4.79 Å². The van der Waals surface area contributed by atoms with Crippen molar-refractivity contribution in [1.82, 2.24) is 10.2 Å². The number of carbonyl (C=O) groups is 1. The van der Waals surface area contributed by atoms with Gasteiger partial charge in [0.25, 0.3) is 5.91 Å². The summed E-state index contributed by atoms with van der Waals surface area (Å²) in [6.07, 6.45) is 1.16. The van der Waals surface area contributed by atoms with Crippen LogP contribution in [0.5, 0.6) is 0 Å². The van der Waals surface area contributed by atoms with Crippen LogP contribution in [0.2, 0.25) is 0 Å². The van der Waals surface area contributed by atoms with Gasteiger partial charge < -0.3 is 10.6 Å². The van der Waals surface area contributed by atoms with Crippen LogP contribution in [0.4, 0.5) is 5.69 Å². The van der Waals surface area contributed by atoms with Crippen molar-refractivity contribution in [2.24, 2.45) is 0 Å². The average Bonchev–Trinajstić information content (AvgIpc) is 2.87. The van der Waals surface area contributed by atoms with Gasteiger partial charge >= 0.3 is 0 Å². The standard InChI is InChI=1S/C15H23N3O/c1-11(2)18-8-7-14(10-18)17-13-6-4-5-12(9-13)15(19)16-3/h4-6,9,11,14,17H,7-8,10H2,1-3H3,(H,16,19). The molecule has 1 fully saturated rings. The molecule has 4 heteroatoms. The third-order valence-corrected chi connectivity index (χ3v) is 3.67. The second kappa shape index (κ2) is 6.06. The van der Waals surface area contributed by atoms with Gasteiger partial charge in [-0.25, -0.2) is 0 Å². The molecule has 4 nitrogen and oxygen atoms in total. The normalized spacial score (nSPS) is 19.7. The van der Waals surface area contributed by atoms with Gasteiger partial charge in [-0.1, -0.05) is 6.07 Å². The fourth-order valence-electron chi connectivity index (χ4n) is 2.50. The molecule has 19 heavy (non-hydrogen) atoms. The van der Waals surface area contributed by atoms with E-state index >= 15 is 0 Å². The number of carbonyl (C=O) groups excluding carboxylic acids is 1. The van der Waals surface area contributed by atoms with Gasteiger partial charge in [0.15, 0.2) is 0 Å². The minimum Gasteiger partial charge on any atom is -0.381 e. The maximum Gasteiger partial charge on any atom is 0.251 e. The Bertz CT molecular complexity index is 445. The number of anilines is 1. The van der Waals surface area contributed by atoms with E-state index in [4.69, 9.17) is 0 Å². The van der Waals surface area contributed by atoms with Crippen molar-refractivity contribution in [3.8, 4) is 0 Å². The van der Waals surface area contributed by atoms with E-state index in [-0.39, 0.29) is 5.91 Å². The molecule has 1 unspecified atom stereocenters. The highest BCUT2D eigenvalue weighted by atomic mass is 16.1. The fourth-order valence-corrected chi connectivity index (χ4v) is 2.50. The SMILES string of the molecule is CNC(=O)c1cccc(NC2CCN(C(C)C)C2)c1. The van der Waals surface area contributed by atoms with Crippen LogP contribution in [0, 0.1) is 0 Å². The third-order valence-electron chi connectivity index (χ3n) is 3.67. The van der Waals surface area contributed by atoms with Gasteiger partial charge in [-0.3, -0.25) is 9.69 Å². The van der Waals surface area contributed by atoms with Crippen LogP contribution in [-0.2, 0) is 0 Å². The van der Waals surface area contributed by atoms with Gasteiger partial charge in [-0.05, 0) is 38.5 Å². The molecule has 1 aromatic rings. The van der Waals surface area contributed by atoms with Crippen LogP contribution in [-0.4, -0.2) is 43.0 Å². The summed E-state index contributed by atoms with van der Waals surface area (Å²) < 4.78 is 0. The predicted octanol–water partition coefficient (Wildman–Crippen LogP) is 1.94. The molecular formula is C15H23N3O. The Morgan fingerprint density at radius 1 is 1.42 bits per heavy atom. The molecule has 1 saturated heterocycles. The first kappa shape index (κ1) is 13.9. The second-order valence-electron chi connectivity index (χ2n) is 5.38. The van der Waals surface area contributed by atoms with Crippen molar-refractivity contribution >= 4 is 11.6 Å². The first-order valence-corrected chi connectivity index (χ1v) is 6.93. The van der Waals surface area contributed by atoms with Gasteiger partial charge in [0.2, 0.25) is 0 Å². The zero-order valence-electron chi connectivity index (χ0n) is 11.9. The van der Waals surface area contributed by atoms with Gasteiger partial charge in [-0.15, -0.1) is 0 Å². The number of likely N-dealkylation sites (tertiary alicyclic amines) is 1. The van der Waals surface area contributed by atoms with Crippen molar-refractivity contribution in [1.29, 1.82) is 0 Å². The molecule has 1 aliphatic rings. The van der Waals surface area contributed by atoms with Crippen molar-refractivity contribution in [3.05, 3.63) is 29.8 Å². The smallest absolute Gasteiger partial charge is 0.251 e. The highest BCUT2D eigenvalue weighted by Gasteiger charge is 2.23. The zero-order chi connectivity index (χ0) is 13.8. The number of hydrogen-bond acceptors (Lipinski definition) is 3. The minimum absolute atomic E-state index is 0.0427. The molecule has 0 aromatic heterocycles. The van der Waals surface area contributed by atoms with Crippen LogP contribution in [0.15, 0.2) is 24.3 Å². The topological polar surface area (TPSA) is 44.4 Å². The summed E-state index contributed by atoms with van der Waals surface area (Å²) in [5, 5.41) is 6.17. The predicted molar refractivity (Wildman–Crippen MR) is 78.6 cm³/mol. The Morgan fingerprint density at radius 3 is 2.84 bits per heavy atom. The zero-order valence-corrected chi connectivity index (χ0v) is 11.9. The summed E-state index contributed by atoms with van der Waals surface area (Å²) in [5.74, 6) is -0.0427. The van der Waals surface area contributed by atoms with Crippen molar-refractivity contribution in [2.45, 2.75) is 32.4 Å². The Morgan fingerprint density at radius 2 is 2.21 bits per heavy atom. The van der Waals surface area contributed by atoms with Crippen LogP contribution < -0.4 is 10.6 Å². The Labute approximate surface area is 115 Å².